The second-order valence-corrected chi connectivity index (χ2v) is 4.99. The lowest BCUT2D eigenvalue weighted by Gasteiger charge is -2.24. The van der Waals surface area contributed by atoms with Crippen LogP contribution in [-0.4, -0.2) is 22.6 Å². The number of rotatable bonds is 4. The Morgan fingerprint density at radius 1 is 1.37 bits per heavy atom. The van der Waals surface area contributed by atoms with Crippen molar-refractivity contribution in [3.63, 3.8) is 0 Å². The maximum absolute atomic E-state index is 12.9. The highest BCUT2D eigenvalue weighted by Crippen LogP contribution is 2.16. The Balaban J connectivity index is 2.67. The van der Waals surface area contributed by atoms with Gasteiger partial charge in [0.25, 0.3) is 0 Å². The summed E-state index contributed by atoms with van der Waals surface area (Å²) in [5.74, 6) is -1.38. The van der Waals surface area contributed by atoms with E-state index in [1.807, 2.05) is 0 Å². The van der Waals surface area contributed by atoms with Crippen LogP contribution in [0.3, 0.4) is 0 Å². The van der Waals surface area contributed by atoms with Crippen molar-refractivity contribution in [2.45, 2.75) is 32.7 Å². The highest BCUT2D eigenvalue weighted by molar-refractivity contribution is 5.90. The average molecular weight is 268 g/mol. The monoisotopic (exact) mass is 268 g/mol. The molecule has 0 aliphatic carbocycles. The number of aryl methyl sites for hydroxylation is 1. The molecule has 0 aliphatic rings. The van der Waals surface area contributed by atoms with Crippen molar-refractivity contribution in [1.29, 1.82) is 0 Å². The van der Waals surface area contributed by atoms with Crippen molar-refractivity contribution in [2.75, 3.05) is 5.32 Å². The first-order valence-corrected chi connectivity index (χ1v) is 5.77. The number of carboxylic acids is 1. The summed E-state index contributed by atoms with van der Waals surface area (Å²) < 4.78 is 12.9. The van der Waals surface area contributed by atoms with Crippen LogP contribution in [0.15, 0.2) is 18.2 Å². The molecule has 3 N–H and O–H groups in total. The zero-order valence-corrected chi connectivity index (χ0v) is 11.1. The molecular formula is C13H17FN2O3. The maximum Gasteiger partial charge on any atom is 0.319 e. The number of nitrogens with one attached hydrogen (secondary N) is 2. The van der Waals surface area contributed by atoms with Gasteiger partial charge in [-0.25, -0.2) is 9.18 Å². The van der Waals surface area contributed by atoms with Crippen molar-refractivity contribution in [3.8, 4) is 0 Å². The number of halogens is 1. The molecule has 0 aromatic heterocycles. The summed E-state index contributed by atoms with van der Waals surface area (Å²) in [5.41, 5.74) is 0.195. The van der Waals surface area contributed by atoms with E-state index in [9.17, 15) is 14.0 Å². The number of carbonyl (C=O) groups excluding carboxylic acids is 1. The van der Waals surface area contributed by atoms with Crippen molar-refractivity contribution in [1.82, 2.24) is 5.32 Å². The van der Waals surface area contributed by atoms with Gasteiger partial charge in [-0.05, 0) is 44.5 Å². The second kappa shape index (κ2) is 5.69. The van der Waals surface area contributed by atoms with E-state index in [4.69, 9.17) is 5.11 Å². The lowest BCUT2D eigenvalue weighted by atomic mass is 10.0. The van der Waals surface area contributed by atoms with Gasteiger partial charge in [0.1, 0.15) is 5.82 Å². The number of carboxylic acid groups (broad SMARTS) is 1. The quantitative estimate of drug-likeness (QED) is 0.785. The first-order chi connectivity index (χ1) is 8.69. The van der Waals surface area contributed by atoms with Crippen LogP contribution in [0.2, 0.25) is 0 Å². The predicted octanol–water partition coefficient (Wildman–Crippen LogP) is 2.51. The Hall–Kier alpha value is -2.11. The summed E-state index contributed by atoms with van der Waals surface area (Å²) in [6.07, 6.45) is -0.192. The zero-order chi connectivity index (χ0) is 14.6. The Bertz CT molecular complexity index is 501. The van der Waals surface area contributed by atoms with Gasteiger partial charge >= 0.3 is 12.0 Å². The number of carbonyl (C=O) groups is 2. The maximum atomic E-state index is 12.9. The molecule has 0 fully saturated rings. The average Bonchev–Trinajstić information content (AvgIpc) is 2.19. The van der Waals surface area contributed by atoms with Gasteiger partial charge in [-0.15, -0.1) is 0 Å². The standard InChI is InChI=1S/C13H17FN2O3/c1-8-6-9(14)4-5-10(8)15-12(19)16-13(2,3)7-11(17)18/h4-6H,7H2,1-3H3,(H,17,18)(H2,15,16,19). The Kier molecular flexibility index (Phi) is 4.47. The molecule has 6 heteroatoms. The van der Waals surface area contributed by atoms with E-state index in [-0.39, 0.29) is 12.2 Å². The molecule has 104 valence electrons. The fourth-order valence-electron chi connectivity index (χ4n) is 1.65. The highest BCUT2D eigenvalue weighted by Gasteiger charge is 2.23. The predicted molar refractivity (Wildman–Crippen MR) is 69.6 cm³/mol. The molecule has 0 saturated carbocycles. The first-order valence-electron chi connectivity index (χ1n) is 5.77. The van der Waals surface area contributed by atoms with Gasteiger partial charge in [0.05, 0.1) is 6.42 Å². The lowest BCUT2D eigenvalue weighted by Crippen LogP contribution is -2.46. The summed E-state index contributed by atoms with van der Waals surface area (Å²) in [4.78, 5) is 22.4. The SMILES string of the molecule is Cc1cc(F)ccc1NC(=O)NC(C)(C)CC(=O)O. The van der Waals surface area contributed by atoms with Crippen LogP contribution < -0.4 is 10.6 Å². The van der Waals surface area contributed by atoms with E-state index in [2.05, 4.69) is 10.6 Å². The summed E-state index contributed by atoms with van der Waals surface area (Å²) in [5, 5.41) is 13.8. The van der Waals surface area contributed by atoms with Crippen molar-refractivity contribution >= 4 is 17.7 Å². The Labute approximate surface area is 110 Å². The van der Waals surface area contributed by atoms with Crippen molar-refractivity contribution < 1.29 is 19.1 Å². The molecule has 0 heterocycles. The van der Waals surface area contributed by atoms with Gasteiger partial charge in [-0.3, -0.25) is 4.79 Å². The van der Waals surface area contributed by atoms with Gasteiger partial charge in [-0.1, -0.05) is 0 Å². The molecule has 0 radical (unpaired) electrons. The first kappa shape index (κ1) is 14.9. The van der Waals surface area contributed by atoms with Gasteiger partial charge in [0.15, 0.2) is 0 Å². The van der Waals surface area contributed by atoms with Crippen LogP contribution in [0.5, 0.6) is 0 Å². The molecule has 0 atom stereocenters. The number of amides is 2. The van der Waals surface area contributed by atoms with Crippen molar-refractivity contribution in [2.24, 2.45) is 0 Å². The number of aliphatic carboxylic acids is 1. The number of urea groups is 1. The van der Waals surface area contributed by atoms with Crippen LogP contribution in [0, 0.1) is 12.7 Å². The minimum Gasteiger partial charge on any atom is -0.481 e. The fourth-order valence-corrected chi connectivity index (χ4v) is 1.65. The van der Waals surface area contributed by atoms with E-state index in [1.165, 1.54) is 18.2 Å². The molecule has 0 bridgehead atoms. The van der Waals surface area contributed by atoms with E-state index in [0.717, 1.165) is 0 Å². The lowest BCUT2D eigenvalue weighted by molar-refractivity contribution is -0.138. The number of benzene rings is 1. The molecular weight excluding hydrogens is 251 g/mol. The molecule has 1 aromatic carbocycles. The number of hydrogen-bond donors (Lipinski definition) is 3. The topological polar surface area (TPSA) is 78.4 Å². The van der Waals surface area contributed by atoms with E-state index in [1.54, 1.807) is 20.8 Å². The van der Waals surface area contributed by atoms with Crippen LogP contribution in [0.4, 0.5) is 14.9 Å². The van der Waals surface area contributed by atoms with Gasteiger partial charge in [0.2, 0.25) is 0 Å². The van der Waals surface area contributed by atoms with Gasteiger partial charge < -0.3 is 15.7 Å². The summed E-state index contributed by atoms with van der Waals surface area (Å²) >= 11 is 0. The van der Waals surface area contributed by atoms with Crippen LogP contribution in [-0.2, 0) is 4.79 Å². The highest BCUT2D eigenvalue weighted by atomic mass is 19.1. The molecule has 1 aromatic rings. The van der Waals surface area contributed by atoms with Crippen LogP contribution >= 0.6 is 0 Å². The van der Waals surface area contributed by atoms with Gasteiger partial charge in [0, 0.05) is 11.2 Å². The minimum atomic E-state index is -0.997. The molecule has 0 spiro atoms. The van der Waals surface area contributed by atoms with Gasteiger partial charge in [-0.2, -0.15) is 0 Å². The van der Waals surface area contributed by atoms with E-state index in [0.29, 0.717) is 11.3 Å². The van der Waals surface area contributed by atoms with Crippen LogP contribution in [0.25, 0.3) is 0 Å². The summed E-state index contributed by atoms with van der Waals surface area (Å²) in [7, 11) is 0. The fraction of sp³-hybridized carbons (Fsp3) is 0.385. The van der Waals surface area contributed by atoms with E-state index < -0.39 is 17.5 Å². The normalized spacial score (nSPS) is 10.9. The third kappa shape index (κ3) is 4.95. The molecule has 0 unspecified atom stereocenters. The molecule has 0 saturated heterocycles. The van der Waals surface area contributed by atoms with Crippen LogP contribution in [0.1, 0.15) is 25.8 Å². The third-order valence-corrected chi connectivity index (χ3v) is 2.48. The molecule has 5 nitrogen and oxygen atoms in total. The third-order valence-electron chi connectivity index (χ3n) is 2.48. The molecule has 1 rings (SSSR count). The van der Waals surface area contributed by atoms with E-state index >= 15 is 0 Å². The number of anilines is 1. The minimum absolute atomic E-state index is 0.192. The second-order valence-electron chi connectivity index (χ2n) is 4.99. The number of hydrogen-bond acceptors (Lipinski definition) is 2. The molecule has 19 heavy (non-hydrogen) atoms. The van der Waals surface area contributed by atoms with Crippen molar-refractivity contribution in [3.05, 3.63) is 29.6 Å². The smallest absolute Gasteiger partial charge is 0.319 e. The molecule has 2 amide bonds. The Morgan fingerprint density at radius 3 is 2.53 bits per heavy atom. The summed E-state index contributed by atoms with van der Waals surface area (Å²) in [6, 6.07) is 3.47. The molecule has 0 aliphatic heterocycles. The summed E-state index contributed by atoms with van der Waals surface area (Å²) in [6.45, 7) is 4.89. The Morgan fingerprint density at radius 2 is 2.00 bits per heavy atom. The largest absolute Gasteiger partial charge is 0.481 e. The zero-order valence-electron chi connectivity index (χ0n) is 11.1.